The molecule has 1 amide bonds. The minimum absolute atomic E-state index is 0. The summed E-state index contributed by atoms with van der Waals surface area (Å²) in [5, 5.41) is 11.7. The summed E-state index contributed by atoms with van der Waals surface area (Å²) in [7, 11) is 0. The standard InChI is InChI=1S/C12H18N4O.ClH/c1-2-8-3-5-12(6-4-8)9(7-13)10(17)15-11(14)16-12;/h8-9H,2-6H2,1H3,(H3,14,15,16,17);1H. The molecule has 1 unspecified atom stereocenters. The molecule has 1 atom stereocenters. The lowest BCUT2D eigenvalue weighted by molar-refractivity contribution is -0.571. The van der Waals surface area contributed by atoms with E-state index in [4.69, 9.17) is 5.73 Å². The van der Waals surface area contributed by atoms with Crippen LogP contribution in [0.25, 0.3) is 0 Å². The third-order valence-corrected chi connectivity index (χ3v) is 4.16. The number of hydrogen-bond donors (Lipinski definition) is 3. The fourth-order valence-corrected chi connectivity index (χ4v) is 3.02. The van der Waals surface area contributed by atoms with Gasteiger partial charge in [0, 0.05) is 0 Å². The summed E-state index contributed by atoms with van der Waals surface area (Å²) in [5.74, 6) is 0.107. The van der Waals surface area contributed by atoms with Crippen molar-refractivity contribution in [1.82, 2.24) is 5.32 Å². The van der Waals surface area contributed by atoms with Gasteiger partial charge in [0.25, 0.3) is 0 Å². The predicted molar refractivity (Wildman–Crippen MR) is 62.4 cm³/mol. The van der Waals surface area contributed by atoms with Crippen LogP contribution < -0.4 is 28.4 Å². The Bertz CT molecular complexity index is 393. The molecule has 1 aliphatic heterocycles. The Morgan fingerprint density at radius 1 is 1.56 bits per heavy atom. The lowest BCUT2D eigenvalue weighted by Gasteiger charge is -2.39. The third kappa shape index (κ3) is 2.44. The number of rotatable bonds is 1. The molecule has 0 aromatic heterocycles. The van der Waals surface area contributed by atoms with E-state index < -0.39 is 11.5 Å². The molecule has 0 aromatic rings. The molecule has 1 spiro atoms. The molecule has 0 saturated heterocycles. The maximum absolute atomic E-state index is 11.8. The maximum Gasteiger partial charge on any atom is 0.348 e. The zero-order valence-corrected chi connectivity index (χ0v) is 11.3. The van der Waals surface area contributed by atoms with Gasteiger partial charge in [-0.25, -0.2) is 5.32 Å². The molecule has 6 heteroatoms. The number of nitrogens with two attached hydrogens (primary N) is 1. The zero-order chi connectivity index (χ0) is 12.5. The van der Waals surface area contributed by atoms with Gasteiger partial charge < -0.3 is 12.4 Å². The fourth-order valence-electron chi connectivity index (χ4n) is 3.02. The highest BCUT2D eigenvalue weighted by Gasteiger charge is 2.50. The largest absolute Gasteiger partial charge is 1.00 e. The number of carbonyl (C=O) groups is 1. The van der Waals surface area contributed by atoms with Crippen LogP contribution in [0.15, 0.2) is 0 Å². The smallest absolute Gasteiger partial charge is 0.348 e. The summed E-state index contributed by atoms with van der Waals surface area (Å²) >= 11 is 0. The minimum atomic E-state index is -0.632. The zero-order valence-electron chi connectivity index (χ0n) is 10.5. The molecule has 18 heavy (non-hydrogen) atoms. The lowest BCUT2D eigenvalue weighted by Crippen LogP contribution is -3.00. The van der Waals surface area contributed by atoms with E-state index in [0.717, 1.165) is 25.7 Å². The van der Waals surface area contributed by atoms with Crippen molar-refractivity contribution in [2.45, 2.75) is 44.6 Å². The van der Waals surface area contributed by atoms with E-state index >= 15 is 0 Å². The van der Waals surface area contributed by atoms with Crippen molar-refractivity contribution in [3.05, 3.63) is 0 Å². The number of amides is 1. The summed E-state index contributed by atoms with van der Waals surface area (Å²) in [6.07, 6.45) is 4.97. The molecule has 1 aliphatic carbocycles. The molecule has 100 valence electrons. The number of guanidine groups is 1. The number of nitriles is 1. The molecule has 0 radical (unpaired) electrons. The number of nitrogens with zero attached hydrogens (tertiary/aromatic N) is 1. The summed E-state index contributed by atoms with van der Waals surface area (Å²) in [4.78, 5) is 14.9. The molecule has 4 N–H and O–H groups in total. The molecular formula is C12H19ClN4O. The molecule has 1 saturated carbocycles. The Morgan fingerprint density at radius 2 is 2.17 bits per heavy atom. The molecule has 1 heterocycles. The van der Waals surface area contributed by atoms with Crippen LogP contribution in [0, 0.1) is 23.2 Å². The summed E-state index contributed by atoms with van der Waals surface area (Å²) < 4.78 is 0. The first-order valence-electron chi connectivity index (χ1n) is 6.22. The number of halogens is 1. The highest BCUT2D eigenvalue weighted by Crippen LogP contribution is 2.36. The van der Waals surface area contributed by atoms with Crippen LogP contribution >= 0.6 is 0 Å². The van der Waals surface area contributed by atoms with Crippen LogP contribution in [0.2, 0.25) is 0 Å². The number of carbonyl (C=O) groups excluding carboxylic acids is 1. The SMILES string of the molecule is CCC1CCC2(CC1)[NH+]=C(N)NC(=O)C2C#N.[Cl-]. The van der Waals surface area contributed by atoms with E-state index in [1.54, 1.807) is 0 Å². The van der Waals surface area contributed by atoms with Crippen molar-refractivity contribution >= 4 is 11.9 Å². The topological polar surface area (TPSA) is 92.9 Å². The average molecular weight is 271 g/mol. The predicted octanol–water partition coefficient (Wildman–Crippen LogP) is -4.01. The van der Waals surface area contributed by atoms with Crippen LogP contribution in [-0.4, -0.2) is 17.4 Å². The van der Waals surface area contributed by atoms with Crippen LogP contribution in [0.5, 0.6) is 0 Å². The van der Waals surface area contributed by atoms with Gasteiger partial charge in [0.1, 0.15) is 5.54 Å². The molecule has 0 bridgehead atoms. The molecule has 5 nitrogen and oxygen atoms in total. The first-order valence-corrected chi connectivity index (χ1v) is 6.22. The summed E-state index contributed by atoms with van der Waals surface area (Å²) in [6.45, 7) is 2.19. The van der Waals surface area contributed by atoms with Gasteiger partial charge in [-0.3, -0.25) is 15.5 Å². The van der Waals surface area contributed by atoms with Crippen molar-refractivity contribution in [3.8, 4) is 6.07 Å². The van der Waals surface area contributed by atoms with Crippen molar-refractivity contribution in [3.63, 3.8) is 0 Å². The van der Waals surface area contributed by atoms with Gasteiger partial charge in [-0.15, -0.1) is 0 Å². The van der Waals surface area contributed by atoms with E-state index in [2.05, 4.69) is 23.3 Å². The van der Waals surface area contributed by atoms with E-state index in [1.807, 2.05) is 0 Å². The van der Waals surface area contributed by atoms with Crippen molar-refractivity contribution in [1.29, 1.82) is 5.26 Å². The second-order valence-electron chi connectivity index (χ2n) is 5.10. The van der Waals surface area contributed by atoms with Gasteiger partial charge >= 0.3 is 11.9 Å². The number of nitrogens with one attached hydrogen (secondary N) is 2. The third-order valence-electron chi connectivity index (χ3n) is 4.16. The van der Waals surface area contributed by atoms with Gasteiger partial charge in [0.15, 0.2) is 5.92 Å². The molecule has 0 aromatic carbocycles. The Labute approximate surface area is 113 Å². The highest BCUT2D eigenvalue weighted by molar-refractivity contribution is 5.97. The quantitative estimate of drug-likeness (QED) is 0.453. The number of hydrogen-bond acceptors (Lipinski definition) is 3. The normalized spacial score (nSPS) is 35.1. The molecule has 1 fully saturated rings. The lowest BCUT2D eigenvalue weighted by atomic mass is 9.69. The van der Waals surface area contributed by atoms with Gasteiger partial charge in [0.2, 0.25) is 0 Å². The van der Waals surface area contributed by atoms with Crippen LogP contribution in [0.4, 0.5) is 0 Å². The molecule has 2 rings (SSSR count). The van der Waals surface area contributed by atoms with Crippen molar-refractivity contribution in [2.24, 2.45) is 17.6 Å². The second kappa shape index (κ2) is 5.57. The van der Waals surface area contributed by atoms with Gasteiger partial charge in [0.05, 0.1) is 6.07 Å². The average Bonchev–Trinajstić information content (AvgIpc) is 2.29. The van der Waals surface area contributed by atoms with Gasteiger partial charge in [-0.1, -0.05) is 13.3 Å². The Balaban J connectivity index is 0.00000162. The first kappa shape index (κ1) is 14.8. The van der Waals surface area contributed by atoms with Crippen molar-refractivity contribution in [2.75, 3.05) is 0 Å². The molecule has 2 aliphatic rings. The fraction of sp³-hybridized carbons (Fsp3) is 0.750. The van der Waals surface area contributed by atoms with Crippen molar-refractivity contribution < 1.29 is 22.2 Å². The minimum Gasteiger partial charge on any atom is -1.00 e. The highest BCUT2D eigenvalue weighted by atomic mass is 35.5. The van der Waals surface area contributed by atoms with Crippen LogP contribution in [0.3, 0.4) is 0 Å². The monoisotopic (exact) mass is 270 g/mol. The Hall–Kier alpha value is -1.28. The summed E-state index contributed by atoms with van der Waals surface area (Å²) in [6, 6.07) is 2.12. The van der Waals surface area contributed by atoms with Crippen LogP contribution in [0.1, 0.15) is 39.0 Å². The van der Waals surface area contributed by atoms with E-state index in [1.165, 1.54) is 6.42 Å². The van der Waals surface area contributed by atoms with Crippen LogP contribution in [-0.2, 0) is 4.79 Å². The van der Waals surface area contributed by atoms with E-state index in [0.29, 0.717) is 5.92 Å². The first-order chi connectivity index (χ1) is 8.11. The van der Waals surface area contributed by atoms with Gasteiger partial charge in [-0.05, 0) is 31.6 Å². The summed E-state index contributed by atoms with van der Waals surface area (Å²) in [5.41, 5.74) is 5.24. The van der Waals surface area contributed by atoms with Gasteiger partial charge in [-0.2, -0.15) is 5.26 Å². The Morgan fingerprint density at radius 3 is 2.67 bits per heavy atom. The van der Waals surface area contributed by atoms with E-state index in [-0.39, 0.29) is 24.3 Å². The van der Waals surface area contributed by atoms with E-state index in [9.17, 15) is 10.1 Å². The second-order valence-corrected chi connectivity index (χ2v) is 5.10. The maximum atomic E-state index is 11.8. The molecular weight excluding hydrogens is 252 g/mol. The Kier molecular flexibility index (Phi) is 4.58.